The smallest absolute Gasteiger partial charge is 0.417 e. The normalized spacial score (nSPS) is 19.0. The highest BCUT2D eigenvalue weighted by Crippen LogP contribution is 2.41. The molecule has 0 saturated carbocycles. The lowest BCUT2D eigenvalue weighted by Gasteiger charge is -2.41. The molecular weight excluding hydrogens is 503 g/mol. The largest absolute Gasteiger partial charge is 0.463 e. The van der Waals surface area contributed by atoms with E-state index in [1.54, 1.807) is 0 Å². The summed E-state index contributed by atoms with van der Waals surface area (Å²) in [7, 11) is 0. The minimum atomic E-state index is -4.95. The van der Waals surface area contributed by atoms with Gasteiger partial charge in [0.1, 0.15) is 11.6 Å². The van der Waals surface area contributed by atoms with E-state index in [4.69, 9.17) is 9.47 Å². The second-order valence-electron chi connectivity index (χ2n) is 8.49. The van der Waals surface area contributed by atoms with Gasteiger partial charge in [-0.25, -0.2) is 4.39 Å². The standard InChI is InChI=1S/C27H22F7NO2/c1-17(22-15-20(26(29,30)31)9-12-23(22)27(32,33)34)37-25-24(19-7-10-21(28)11-8-19)35(13-14-36-25)16-18-5-3-2-4-6-18/h2-12,15,24-25H,1,13-14,16H2/t24-,25+/m0/s1. The first-order chi connectivity index (χ1) is 17.4. The van der Waals surface area contributed by atoms with Gasteiger partial charge < -0.3 is 9.47 Å². The third-order valence-corrected chi connectivity index (χ3v) is 5.96. The van der Waals surface area contributed by atoms with Gasteiger partial charge in [-0.3, -0.25) is 4.90 Å². The maximum absolute atomic E-state index is 13.6. The molecule has 3 nitrogen and oxygen atoms in total. The fraction of sp³-hybridized carbons (Fsp3) is 0.259. The summed E-state index contributed by atoms with van der Waals surface area (Å²) in [6.07, 6.45) is -11.1. The third-order valence-electron chi connectivity index (χ3n) is 5.96. The molecule has 1 heterocycles. The van der Waals surface area contributed by atoms with Crippen LogP contribution in [0.3, 0.4) is 0 Å². The fourth-order valence-electron chi connectivity index (χ4n) is 4.21. The van der Waals surface area contributed by atoms with E-state index in [1.165, 1.54) is 24.3 Å². The maximum atomic E-state index is 13.6. The van der Waals surface area contributed by atoms with E-state index in [2.05, 4.69) is 6.58 Å². The second kappa shape index (κ2) is 10.5. The fourth-order valence-corrected chi connectivity index (χ4v) is 4.21. The topological polar surface area (TPSA) is 21.7 Å². The first-order valence-corrected chi connectivity index (χ1v) is 11.2. The Hall–Kier alpha value is -3.37. The third kappa shape index (κ3) is 6.31. The van der Waals surface area contributed by atoms with E-state index in [-0.39, 0.29) is 6.61 Å². The number of alkyl halides is 6. The Morgan fingerprint density at radius 2 is 1.59 bits per heavy atom. The van der Waals surface area contributed by atoms with Crippen molar-refractivity contribution >= 4 is 5.76 Å². The van der Waals surface area contributed by atoms with Gasteiger partial charge in [-0.05, 0) is 41.5 Å². The Morgan fingerprint density at radius 1 is 0.919 bits per heavy atom. The predicted molar refractivity (Wildman–Crippen MR) is 122 cm³/mol. The van der Waals surface area contributed by atoms with E-state index in [1.807, 2.05) is 35.2 Å². The number of halogens is 7. The van der Waals surface area contributed by atoms with Gasteiger partial charge in [-0.1, -0.05) is 49.0 Å². The summed E-state index contributed by atoms with van der Waals surface area (Å²) in [5.74, 6) is -1.12. The maximum Gasteiger partial charge on any atom is 0.417 e. The summed E-state index contributed by atoms with van der Waals surface area (Å²) in [4.78, 5) is 1.95. The van der Waals surface area contributed by atoms with E-state index in [0.717, 1.165) is 5.56 Å². The van der Waals surface area contributed by atoms with Gasteiger partial charge in [-0.15, -0.1) is 0 Å². The Kier molecular flexibility index (Phi) is 7.61. The van der Waals surface area contributed by atoms with Crippen LogP contribution in [0.15, 0.2) is 79.4 Å². The number of rotatable bonds is 6. The average Bonchev–Trinajstić information content (AvgIpc) is 2.84. The van der Waals surface area contributed by atoms with Crippen molar-refractivity contribution in [2.24, 2.45) is 0 Å². The van der Waals surface area contributed by atoms with Crippen molar-refractivity contribution in [1.29, 1.82) is 0 Å². The molecule has 196 valence electrons. The van der Waals surface area contributed by atoms with Gasteiger partial charge >= 0.3 is 12.4 Å². The van der Waals surface area contributed by atoms with E-state index < -0.39 is 53.0 Å². The Labute approximate surface area is 208 Å². The Morgan fingerprint density at radius 3 is 2.22 bits per heavy atom. The monoisotopic (exact) mass is 525 g/mol. The SMILES string of the molecule is C=C(O[C@H]1OCCN(Cc2ccccc2)[C@H]1c1ccc(F)cc1)c1cc(C(F)(F)F)ccc1C(F)(F)F. The first kappa shape index (κ1) is 26.7. The number of nitrogens with zero attached hydrogens (tertiary/aromatic N) is 1. The molecule has 1 aliphatic heterocycles. The zero-order valence-corrected chi connectivity index (χ0v) is 19.3. The summed E-state index contributed by atoms with van der Waals surface area (Å²) in [5, 5.41) is 0. The number of hydrogen-bond donors (Lipinski definition) is 0. The lowest BCUT2D eigenvalue weighted by Crippen LogP contribution is -2.45. The highest BCUT2D eigenvalue weighted by Gasteiger charge is 2.40. The number of morpholine rings is 1. The Bertz CT molecular complexity index is 1220. The van der Waals surface area contributed by atoms with Gasteiger partial charge in [0.25, 0.3) is 0 Å². The van der Waals surface area contributed by atoms with Crippen LogP contribution in [0.4, 0.5) is 30.7 Å². The van der Waals surface area contributed by atoms with Crippen molar-refractivity contribution in [1.82, 2.24) is 4.90 Å². The van der Waals surface area contributed by atoms with Crippen molar-refractivity contribution in [3.8, 4) is 0 Å². The molecule has 3 aromatic rings. The Balaban J connectivity index is 1.69. The van der Waals surface area contributed by atoms with Crippen LogP contribution >= 0.6 is 0 Å². The van der Waals surface area contributed by atoms with Crippen LogP contribution in [0, 0.1) is 5.82 Å². The molecule has 1 fully saturated rings. The van der Waals surface area contributed by atoms with Crippen LogP contribution in [0.1, 0.15) is 33.9 Å². The number of hydrogen-bond acceptors (Lipinski definition) is 3. The zero-order valence-electron chi connectivity index (χ0n) is 19.3. The molecule has 0 unspecified atom stereocenters. The molecule has 3 aromatic carbocycles. The predicted octanol–water partition coefficient (Wildman–Crippen LogP) is 7.45. The first-order valence-electron chi connectivity index (χ1n) is 11.2. The molecule has 0 radical (unpaired) electrons. The molecule has 1 aliphatic rings. The minimum absolute atomic E-state index is 0.136. The van der Waals surface area contributed by atoms with Gasteiger partial charge in [0.15, 0.2) is 0 Å². The number of benzene rings is 3. The highest BCUT2D eigenvalue weighted by molar-refractivity contribution is 5.63. The molecule has 1 saturated heterocycles. The lowest BCUT2D eigenvalue weighted by atomic mass is 10.0. The summed E-state index contributed by atoms with van der Waals surface area (Å²) in [5.41, 5.74) is -1.95. The summed E-state index contributed by atoms with van der Waals surface area (Å²) < 4.78 is 106. The molecule has 2 atom stereocenters. The van der Waals surface area contributed by atoms with Crippen molar-refractivity contribution in [2.45, 2.75) is 31.2 Å². The number of ether oxygens (including phenoxy) is 2. The molecule has 0 spiro atoms. The van der Waals surface area contributed by atoms with Gasteiger partial charge in [0.05, 0.1) is 23.8 Å². The molecule has 0 N–H and O–H groups in total. The van der Waals surface area contributed by atoms with Crippen LogP contribution in [-0.2, 0) is 28.4 Å². The molecular formula is C27H22F7NO2. The van der Waals surface area contributed by atoms with Gasteiger partial charge in [0.2, 0.25) is 6.29 Å². The van der Waals surface area contributed by atoms with Crippen LogP contribution in [0.2, 0.25) is 0 Å². The molecule has 0 bridgehead atoms. The van der Waals surface area contributed by atoms with Gasteiger partial charge in [-0.2, -0.15) is 26.3 Å². The quantitative estimate of drug-likeness (QED) is 0.247. The summed E-state index contributed by atoms with van der Waals surface area (Å²) >= 11 is 0. The van der Waals surface area contributed by atoms with Crippen molar-refractivity contribution in [3.05, 3.63) is 113 Å². The van der Waals surface area contributed by atoms with Crippen LogP contribution in [0.25, 0.3) is 5.76 Å². The van der Waals surface area contributed by atoms with Gasteiger partial charge in [0, 0.05) is 18.7 Å². The molecule has 0 aliphatic carbocycles. The van der Waals surface area contributed by atoms with Crippen LogP contribution in [-0.4, -0.2) is 24.3 Å². The highest BCUT2D eigenvalue weighted by atomic mass is 19.4. The molecule has 0 aromatic heterocycles. The van der Waals surface area contributed by atoms with E-state index >= 15 is 0 Å². The average molecular weight is 525 g/mol. The van der Waals surface area contributed by atoms with E-state index in [9.17, 15) is 30.7 Å². The molecule has 10 heteroatoms. The second-order valence-corrected chi connectivity index (χ2v) is 8.49. The van der Waals surface area contributed by atoms with E-state index in [0.29, 0.717) is 36.9 Å². The van der Waals surface area contributed by atoms with Crippen LogP contribution in [0.5, 0.6) is 0 Å². The summed E-state index contributed by atoms with van der Waals surface area (Å²) in [6, 6.07) is 15.2. The van der Waals surface area contributed by atoms with Crippen molar-refractivity contribution < 1.29 is 40.2 Å². The van der Waals surface area contributed by atoms with Crippen molar-refractivity contribution in [2.75, 3.05) is 13.2 Å². The zero-order chi connectivity index (χ0) is 26.8. The lowest BCUT2D eigenvalue weighted by molar-refractivity contribution is -0.181. The minimum Gasteiger partial charge on any atom is -0.463 e. The van der Waals surface area contributed by atoms with Crippen molar-refractivity contribution in [3.63, 3.8) is 0 Å². The molecule has 37 heavy (non-hydrogen) atoms. The van der Waals surface area contributed by atoms with Crippen LogP contribution < -0.4 is 0 Å². The molecule has 0 amide bonds. The summed E-state index contributed by atoms with van der Waals surface area (Å²) in [6.45, 7) is 4.49. The molecule has 4 rings (SSSR count).